The molecule has 1 saturated heterocycles. The zero-order chi connectivity index (χ0) is 33.7. The Labute approximate surface area is 281 Å². The van der Waals surface area contributed by atoms with Crippen LogP contribution >= 0.6 is 23.2 Å². The molecule has 1 amide bonds. The van der Waals surface area contributed by atoms with Crippen LogP contribution in [-0.2, 0) is 27.3 Å². The summed E-state index contributed by atoms with van der Waals surface area (Å²) in [5, 5.41) is 6.87. The number of nitrogens with one attached hydrogen (secondary N) is 2. The van der Waals surface area contributed by atoms with Crippen molar-refractivity contribution >= 4 is 57.6 Å². The zero-order valence-corrected chi connectivity index (χ0v) is 27.4. The molecule has 4 aromatic rings. The number of hydrogen-bond acceptors (Lipinski definition) is 9. The fourth-order valence-electron chi connectivity index (χ4n) is 5.39. The Hall–Kier alpha value is -4.71. The lowest BCUT2D eigenvalue weighted by atomic mass is 9.97. The van der Waals surface area contributed by atoms with Crippen LogP contribution in [0, 0.1) is 5.92 Å². The molecule has 0 bridgehead atoms. The van der Waals surface area contributed by atoms with Crippen molar-refractivity contribution < 1.29 is 23.8 Å². The van der Waals surface area contributed by atoms with Crippen molar-refractivity contribution in [2.75, 3.05) is 38.1 Å². The number of ketones is 1. The fourth-order valence-corrected chi connectivity index (χ4v) is 6.10. The van der Waals surface area contributed by atoms with Crippen molar-refractivity contribution in [3.05, 3.63) is 93.9 Å². The summed E-state index contributed by atoms with van der Waals surface area (Å²) in [7, 11) is 2.92. The van der Waals surface area contributed by atoms with Gasteiger partial charge in [-0.15, -0.1) is 0 Å². The van der Waals surface area contributed by atoms with E-state index in [4.69, 9.17) is 42.4 Å². The number of aryl methyl sites for hydroxylation is 2. The van der Waals surface area contributed by atoms with Crippen molar-refractivity contribution in [3.63, 3.8) is 0 Å². The first kappa shape index (κ1) is 33.6. The third-order valence-corrected chi connectivity index (χ3v) is 8.66. The first-order valence-corrected chi connectivity index (χ1v) is 15.5. The van der Waals surface area contributed by atoms with E-state index < -0.39 is 5.56 Å². The number of halogens is 2. The number of methoxy groups -OCH3 is 2. The number of benzene rings is 2. The Bertz CT molecular complexity index is 1880. The number of carbonyl (C=O) groups is 2. The number of carbonyl (C=O) groups excluding carboxylic acids is 2. The van der Waals surface area contributed by atoms with Crippen molar-refractivity contribution in [1.82, 2.24) is 14.5 Å². The number of hydrogen-bond donors (Lipinski definition) is 2. The molecule has 5 rings (SSSR count). The van der Waals surface area contributed by atoms with Crippen molar-refractivity contribution in [2.24, 2.45) is 5.92 Å². The minimum atomic E-state index is -0.394. The molecule has 47 heavy (non-hydrogen) atoms. The number of nitrogens with zero attached hydrogens (tertiary/aromatic N) is 3. The summed E-state index contributed by atoms with van der Waals surface area (Å²) in [6, 6.07) is 10.3. The van der Waals surface area contributed by atoms with Gasteiger partial charge >= 0.3 is 0 Å². The number of rotatable bonds is 13. The van der Waals surface area contributed by atoms with Gasteiger partial charge in [0.05, 0.1) is 49.1 Å². The molecule has 2 N–H and O–H groups in total. The van der Waals surface area contributed by atoms with Crippen molar-refractivity contribution in [1.29, 1.82) is 0 Å². The summed E-state index contributed by atoms with van der Waals surface area (Å²) in [6.07, 6.45) is 4.84. The van der Waals surface area contributed by atoms with Crippen LogP contribution in [-0.4, -0.2) is 59.7 Å². The van der Waals surface area contributed by atoms with Gasteiger partial charge in [0.1, 0.15) is 17.1 Å². The second-order valence-corrected chi connectivity index (χ2v) is 11.6. The standard InChI is InChI=1S/C34H33Cl2N5O6/c1-5-23(42)13-21-17-47-18-25(21)39-34-37-16-20-14-24(29-30(35)26(45-3)15-27(46-4)31(29)36)33(44)41(32(20)40-34)12-11-19-7-9-22(10-8-19)38-28(43)6-2/h5-10,14-16,21,25H,1-2,11-13,17-18H2,3-4H3,(H,38,43)(H,37,39,40)/t21-,25+/m0/s1. The number of allylic oxidation sites excluding steroid dienone is 1. The smallest absolute Gasteiger partial charge is 0.260 e. The molecule has 0 saturated carbocycles. The van der Waals surface area contributed by atoms with Gasteiger partial charge in [-0.1, -0.05) is 48.5 Å². The van der Waals surface area contributed by atoms with Gasteiger partial charge in [-0.3, -0.25) is 19.0 Å². The molecular weight excluding hydrogens is 645 g/mol. The lowest BCUT2D eigenvalue weighted by Gasteiger charge is -2.19. The molecule has 11 nitrogen and oxygen atoms in total. The fraction of sp³-hybridized carbons (Fsp3) is 0.265. The number of aromatic nitrogens is 3. The molecule has 244 valence electrons. The summed E-state index contributed by atoms with van der Waals surface area (Å²) >= 11 is 13.5. The van der Waals surface area contributed by atoms with E-state index in [2.05, 4.69) is 28.8 Å². The predicted molar refractivity (Wildman–Crippen MR) is 183 cm³/mol. The highest BCUT2D eigenvalue weighted by Crippen LogP contribution is 2.45. The maximum atomic E-state index is 14.3. The van der Waals surface area contributed by atoms with Crippen LogP contribution in [0.3, 0.4) is 0 Å². The van der Waals surface area contributed by atoms with Crippen LogP contribution in [0.4, 0.5) is 11.6 Å². The van der Waals surface area contributed by atoms with E-state index in [-0.39, 0.29) is 75.2 Å². The zero-order valence-electron chi connectivity index (χ0n) is 25.8. The number of anilines is 2. The monoisotopic (exact) mass is 677 g/mol. The van der Waals surface area contributed by atoms with E-state index in [9.17, 15) is 14.4 Å². The summed E-state index contributed by atoms with van der Waals surface area (Å²) in [6.45, 7) is 8.06. The molecule has 2 atom stereocenters. The van der Waals surface area contributed by atoms with Crippen molar-refractivity contribution in [2.45, 2.75) is 25.4 Å². The van der Waals surface area contributed by atoms with Gasteiger partial charge in [-0.2, -0.15) is 4.98 Å². The Kier molecular flexibility index (Phi) is 10.6. The van der Waals surface area contributed by atoms with Gasteiger partial charge < -0.3 is 24.8 Å². The van der Waals surface area contributed by atoms with E-state index in [1.807, 2.05) is 12.1 Å². The Morgan fingerprint density at radius 3 is 2.40 bits per heavy atom. The molecule has 1 aliphatic rings. The lowest BCUT2D eigenvalue weighted by Crippen LogP contribution is -2.30. The molecule has 2 aromatic heterocycles. The molecule has 0 aliphatic carbocycles. The predicted octanol–water partition coefficient (Wildman–Crippen LogP) is 5.72. The molecule has 3 heterocycles. The second kappa shape index (κ2) is 14.8. The minimum absolute atomic E-state index is 0.0734. The molecule has 2 aromatic carbocycles. The number of amides is 1. The van der Waals surface area contributed by atoms with E-state index in [1.165, 1.54) is 26.4 Å². The van der Waals surface area contributed by atoms with Gasteiger partial charge in [0.15, 0.2) is 5.78 Å². The SMILES string of the molecule is C=CC(=O)C[C@H]1COC[C@H]1Nc1ncc2cc(-c3c(Cl)c(OC)cc(OC)c3Cl)c(=O)n(CCc3ccc(NC(=O)C=C)cc3)c2n1. The van der Waals surface area contributed by atoms with Gasteiger partial charge in [-0.05, 0) is 42.3 Å². The Morgan fingerprint density at radius 2 is 1.77 bits per heavy atom. The summed E-state index contributed by atoms with van der Waals surface area (Å²) in [4.78, 5) is 47.3. The normalized spacial score (nSPS) is 15.7. The summed E-state index contributed by atoms with van der Waals surface area (Å²) < 4.78 is 18.1. The van der Waals surface area contributed by atoms with Gasteiger partial charge in [-0.25, -0.2) is 4.98 Å². The summed E-state index contributed by atoms with van der Waals surface area (Å²) in [5.41, 5.74) is 1.99. The Balaban J connectivity index is 1.58. The second-order valence-electron chi connectivity index (χ2n) is 10.8. The Morgan fingerprint density at radius 1 is 1.06 bits per heavy atom. The third-order valence-electron chi connectivity index (χ3n) is 7.90. The van der Waals surface area contributed by atoms with Crippen LogP contribution in [0.5, 0.6) is 11.5 Å². The molecule has 1 fully saturated rings. The largest absolute Gasteiger partial charge is 0.495 e. The maximum Gasteiger partial charge on any atom is 0.260 e. The molecule has 0 unspecified atom stereocenters. The van der Waals surface area contributed by atoms with Crippen LogP contribution in [0.25, 0.3) is 22.2 Å². The average Bonchev–Trinajstić information content (AvgIpc) is 3.51. The van der Waals surface area contributed by atoms with E-state index in [0.717, 1.165) is 5.56 Å². The number of fused-ring (bicyclic) bond motifs is 1. The van der Waals surface area contributed by atoms with Gasteiger partial charge in [0.2, 0.25) is 11.9 Å². The molecule has 1 aliphatic heterocycles. The third kappa shape index (κ3) is 7.32. The van der Waals surface area contributed by atoms with Gasteiger partial charge in [0.25, 0.3) is 5.56 Å². The van der Waals surface area contributed by atoms with Crippen LogP contribution in [0.1, 0.15) is 12.0 Å². The van der Waals surface area contributed by atoms with E-state index in [0.29, 0.717) is 36.4 Å². The van der Waals surface area contributed by atoms with E-state index in [1.54, 1.807) is 35.0 Å². The topological polar surface area (TPSA) is 134 Å². The van der Waals surface area contributed by atoms with E-state index >= 15 is 0 Å². The van der Waals surface area contributed by atoms with Crippen LogP contribution in [0.15, 0.2) is 72.7 Å². The molecule has 0 radical (unpaired) electrons. The minimum Gasteiger partial charge on any atom is -0.495 e. The lowest BCUT2D eigenvalue weighted by molar-refractivity contribution is -0.115. The van der Waals surface area contributed by atoms with Crippen LogP contribution < -0.4 is 25.7 Å². The number of pyridine rings is 1. The highest BCUT2D eigenvalue weighted by Gasteiger charge is 2.30. The van der Waals surface area contributed by atoms with Crippen molar-refractivity contribution in [3.8, 4) is 22.6 Å². The first-order valence-electron chi connectivity index (χ1n) is 14.7. The quantitative estimate of drug-likeness (QED) is 0.170. The maximum absolute atomic E-state index is 14.3. The average molecular weight is 679 g/mol. The highest BCUT2D eigenvalue weighted by atomic mass is 35.5. The molecule has 13 heteroatoms. The number of ether oxygens (including phenoxy) is 3. The van der Waals surface area contributed by atoms with Gasteiger partial charge in [0, 0.05) is 47.8 Å². The highest BCUT2D eigenvalue weighted by molar-refractivity contribution is 6.41. The van der Waals surface area contributed by atoms with Crippen LogP contribution in [0.2, 0.25) is 10.0 Å². The molecule has 0 spiro atoms. The summed E-state index contributed by atoms with van der Waals surface area (Å²) in [5.74, 6) is 0.386. The molecular formula is C34H33Cl2N5O6. The first-order chi connectivity index (χ1) is 22.7.